The van der Waals surface area contributed by atoms with Crippen molar-refractivity contribution in [3.8, 4) is 11.8 Å². The number of anilines is 1. The molecule has 1 aromatic carbocycles. The molecule has 0 aliphatic heterocycles. The van der Waals surface area contributed by atoms with Crippen molar-refractivity contribution >= 4 is 52.6 Å². The fourth-order valence-electron chi connectivity index (χ4n) is 2.12. The minimum atomic E-state index is -0.960. The van der Waals surface area contributed by atoms with E-state index in [1.165, 1.54) is 23.0 Å². The zero-order valence-corrected chi connectivity index (χ0v) is 16.2. The van der Waals surface area contributed by atoms with Crippen molar-refractivity contribution in [3.63, 3.8) is 0 Å². The van der Waals surface area contributed by atoms with Crippen LogP contribution in [-0.4, -0.2) is 28.9 Å². The number of hydrogen-bond acceptors (Lipinski definition) is 5. The van der Waals surface area contributed by atoms with Crippen LogP contribution in [-0.2, 0) is 9.53 Å². The van der Waals surface area contributed by atoms with Crippen molar-refractivity contribution in [1.82, 2.24) is 9.78 Å². The second-order valence-corrected chi connectivity index (χ2v) is 6.56. The number of nitrogens with zero attached hydrogens (tertiary/aromatic N) is 4. The molecule has 0 saturated heterocycles. The fraction of sp³-hybridized carbons (Fsp3) is 0.250. The van der Waals surface area contributed by atoms with Crippen LogP contribution in [0.1, 0.15) is 19.4 Å². The summed E-state index contributed by atoms with van der Waals surface area (Å²) in [6.45, 7) is 3.22. The van der Waals surface area contributed by atoms with Crippen molar-refractivity contribution in [3.05, 3.63) is 39.0 Å². The first-order valence-corrected chi connectivity index (χ1v) is 8.41. The largest absolute Gasteiger partial charge is 0.452 e. The Hall–Kier alpha value is -2.27. The Morgan fingerprint density at radius 3 is 2.46 bits per heavy atom. The third-order valence-electron chi connectivity index (χ3n) is 3.39. The number of nitriles is 1. The average molecular weight is 416 g/mol. The Morgan fingerprint density at radius 1 is 1.27 bits per heavy atom. The number of imide groups is 1. The minimum absolute atomic E-state index is 0.0217. The van der Waals surface area contributed by atoms with Crippen LogP contribution < -0.4 is 4.90 Å². The summed E-state index contributed by atoms with van der Waals surface area (Å²) in [6, 6.07) is 4.88. The van der Waals surface area contributed by atoms with Crippen molar-refractivity contribution in [1.29, 1.82) is 5.26 Å². The van der Waals surface area contributed by atoms with Gasteiger partial charge in [-0.2, -0.15) is 15.3 Å². The molecule has 136 valence electrons. The molecule has 10 heteroatoms. The Bertz CT molecular complexity index is 918. The molecule has 1 heterocycles. The molecule has 0 fully saturated rings. The van der Waals surface area contributed by atoms with Gasteiger partial charge in [0.2, 0.25) is 5.91 Å². The van der Waals surface area contributed by atoms with Gasteiger partial charge in [0.15, 0.2) is 5.82 Å². The molecule has 2 amide bonds. The predicted octanol–water partition coefficient (Wildman–Crippen LogP) is 4.46. The number of ether oxygens (including phenoxy) is 1. The van der Waals surface area contributed by atoms with Gasteiger partial charge in [-0.15, -0.1) is 0 Å². The lowest BCUT2D eigenvalue weighted by molar-refractivity contribution is -0.121. The van der Waals surface area contributed by atoms with E-state index in [-0.39, 0.29) is 32.1 Å². The summed E-state index contributed by atoms with van der Waals surface area (Å²) >= 11 is 18.2. The quantitative estimate of drug-likeness (QED) is 0.691. The lowest BCUT2D eigenvalue weighted by Gasteiger charge is -2.22. The molecule has 0 saturated carbocycles. The van der Waals surface area contributed by atoms with Crippen molar-refractivity contribution in [2.45, 2.75) is 13.8 Å². The summed E-state index contributed by atoms with van der Waals surface area (Å²) < 4.78 is 5.87. The van der Waals surface area contributed by atoms with Crippen LogP contribution in [0.25, 0.3) is 5.69 Å². The van der Waals surface area contributed by atoms with E-state index in [1.54, 1.807) is 13.8 Å². The van der Waals surface area contributed by atoms with Crippen LogP contribution in [0.2, 0.25) is 15.1 Å². The van der Waals surface area contributed by atoms with Gasteiger partial charge in [-0.25, -0.2) is 9.48 Å². The number of hydrogen-bond donors (Lipinski definition) is 0. The van der Waals surface area contributed by atoms with Crippen LogP contribution in [0, 0.1) is 17.2 Å². The topological polar surface area (TPSA) is 88.2 Å². The molecule has 0 atom stereocenters. The second-order valence-electron chi connectivity index (χ2n) is 5.40. The van der Waals surface area contributed by atoms with Gasteiger partial charge in [0, 0.05) is 5.92 Å². The Balaban J connectivity index is 2.79. The van der Waals surface area contributed by atoms with E-state index >= 15 is 0 Å². The van der Waals surface area contributed by atoms with Crippen LogP contribution in [0.4, 0.5) is 10.6 Å². The van der Waals surface area contributed by atoms with E-state index in [9.17, 15) is 14.9 Å². The number of carbonyl (C=O) groups is 2. The molecule has 0 unspecified atom stereocenters. The average Bonchev–Trinajstić information content (AvgIpc) is 3.03. The molecule has 0 aliphatic rings. The molecular formula is C16H13Cl3N4O3. The highest BCUT2D eigenvalue weighted by molar-refractivity contribution is 6.48. The van der Waals surface area contributed by atoms with Crippen LogP contribution in [0.15, 0.2) is 18.3 Å². The summed E-state index contributed by atoms with van der Waals surface area (Å²) in [4.78, 5) is 25.6. The highest BCUT2D eigenvalue weighted by Crippen LogP contribution is 2.37. The van der Waals surface area contributed by atoms with Gasteiger partial charge in [0.05, 0.1) is 34.1 Å². The first-order chi connectivity index (χ1) is 12.2. The van der Waals surface area contributed by atoms with E-state index in [1.807, 2.05) is 6.07 Å². The van der Waals surface area contributed by atoms with Gasteiger partial charge >= 0.3 is 6.09 Å². The van der Waals surface area contributed by atoms with E-state index in [0.29, 0.717) is 0 Å². The molecule has 0 bridgehead atoms. The minimum Gasteiger partial charge on any atom is -0.452 e. The molecule has 26 heavy (non-hydrogen) atoms. The van der Waals surface area contributed by atoms with Gasteiger partial charge in [-0.3, -0.25) is 4.79 Å². The van der Waals surface area contributed by atoms with Gasteiger partial charge in [0.25, 0.3) is 0 Å². The molecule has 0 aliphatic carbocycles. The standard InChI is InChI=1S/C16H13Cl3N4O3/c1-8(2)15(24)22(16(25)26-3)14-9(6-20)7-21-23(14)11-5-4-10(17)12(18)13(11)19/h4-5,7-8H,1-3H3. The summed E-state index contributed by atoms with van der Waals surface area (Å²) in [5.74, 6) is -1.22. The zero-order chi connectivity index (χ0) is 19.6. The predicted molar refractivity (Wildman–Crippen MR) is 98.0 cm³/mol. The Kier molecular flexibility index (Phi) is 6.13. The Morgan fingerprint density at radius 2 is 1.92 bits per heavy atom. The van der Waals surface area contributed by atoms with Gasteiger partial charge < -0.3 is 4.74 Å². The van der Waals surface area contributed by atoms with Crippen LogP contribution in [0.5, 0.6) is 0 Å². The molecule has 7 nitrogen and oxygen atoms in total. The van der Waals surface area contributed by atoms with Gasteiger partial charge in [-0.05, 0) is 12.1 Å². The normalized spacial score (nSPS) is 10.5. The number of benzene rings is 1. The van der Waals surface area contributed by atoms with Crippen molar-refractivity contribution in [2.24, 2.45) is 5.92 Å². The molecule has 2 aromatic rings. The highest BCUT2D eigenvalue weighted by atomic mass is 35.5. The van der Waals surface area contributed by atoms with E-state index in [4.69, 9.17) is 39.5 Å². The molecule has 0 spiro atoms. The second kappa shape index (κ2) is 7.96. The maximum atomic E-state index is 12.6. The number of amides is 2. The number of carbonyl (C=O) groups excluding carboxylic acids is 2. The smallest absolute Gasteiger partial charge is 0.422 e. The van der Waals surface area contributed by atoms with E-state index in [0.717, 1.165) is 12.0 Å². The SMILES string of the molecule is COC(=O)N(C(=O)C(C)C)c1c(C#N)cnn1-c1ccc(Cl)c(Cl)c1Cl. The summed E-state index contributed by atoms with van der Waals surface area (Å²) in [5, 5.41) is 13.8. The third-order valence-corrected chi connectivity index (χ3v) is 4.67. The first kappa shape index (κ1) is 20.0. The van der Waals surface area contributed by atoms with Crippen LogP contribution >= 0.6 is 34.8 Å². The maximum absolute atomic E-state index is 12.6. The number of aromatic nitrogens is 2. The molecule has 1 aromatic heterocycles. The van der Waals surface area contributed by atoms with Gasteiger partial charge in [0.1, 0.15) is 11.6 Å². The molecule has 0 radical (unpaired) electrons. The molecule has 2 rings (SSSR count). The van der Waals surface area contributed by atoms with Gasteiger partial charge in [-0.1, -0.05) is 48.7 Å². The lowest BCUT2D eigenvalue weighted by atomic mass is 10.2. The summed E-state index contributed by atoms with van der Waals surface area (Å²) in [6.07, 6.45) is 0.246. The summed E-state index contributed by atoms with van der Waals surface area (Å²) in [5.41, 5.74) is 0.217. The highest BCUT2D eigenvalue weighted by Gasteiger charge is 2.33. The Labute approximate surface area is 164 Å². The fourth-order valence-corrected chi connectivity index (χ4v) is 2.73. The van der Waals surface area contributed by atoms with Crippen molar-refractivity contribution < 1.29 is 14.3 Å². The molecule has 0 N–H and O–H groups in total. The monoisotopic (exact) mass is 414 g/mol. The van der Waals surface area contributed by atoms with E-state index < -0.39 is 17.9 Å². The number of halogens is 3. The summed E-state index contributed by atoms with van der Waals surface area (Å²) in [7, 11) is 1.13. The molecular weight excluding hydrogens is 403 g/mol. The van der Waals surface area contributed by atoms with Crippen LogP contribution in [0.3, 0.4) is 0 Å². The lowest BCUT2D eigenvalue weighted by Crippen LogP contribution is -2.41. The number of rotatable bonds is 3. The van der Waals surface area contributed by atoms with Crippen molar-refractivity contribution in [2.75, 3.05) is 12.0 Å². The maximum Gasteiger partial charge on any atom is 0.422 e. The first-order valence-electron chi connectivity index (χ1n) is 7.28. The van der Waals surface area contributed by atoms with E-state index in [2.05, 4.69) is 5.10 Å². The number of methoxy groups -OCH3 is 1. The zero-order valence-electron chi connectivity index (χ0n) is 14.0. The third kappa shape index (κ3) is 3.49.